The van der Waals surface area contributed by atoms with Gasteiger partial charge in [-0.1, -0.05) is 51.1 Å². The fourth-order valence-electron chi connectivity index (χ4n) is 2.93. The summed E-state index contributed by atoms with van der Waals surface area (Å²) in [6.07, 6.45) is 1.18. The molecule has 1 N–H and O–H groups in total. The first-order chi connectivity index (χ1) is 13.3. The van der Waals surface area contributed by atoms with Crippen molar-refractivity contribution < 1.29 is 14.3 Å². The maximum absolute atomic E-state index is 12.3. The van der Waals surface area contributed by atoms with Crippen LogP contribution < -0.4 is 14.8 Å². The maximum Gasteiger partial charge on any atom is 0.260 e. The van der Waals surface area contributed by atoms with Crippen molar-refractivity contribution in [2.75, 3.05) is 13.2 Å². The molecule has 0 saturated carbocycles. The lowest BCUT2D eigenvalue weighted by Gasteiger charge is -2.20. The summed E-state index contributed by atoms with van der Waals surface area (Å²) >= 11 is 0. The zero-order chi connectivity index (χ0) is 20.6. The molecule has 0 heterocycles. The van der Waals surface area contributed by atoms with Crippen LogP contribution in [0.3, 0.4) is 0 Å². The van der Waals surface area contributed by atoms with Gasteiger partial charge in [-0.2, -0.15) is 0 Å². The summed E-state index contributed by atoms with van der Waals surface area (Å²) in [6, 6.07) is 16.0. The van der Waals surface area contributed by atoms with Crippen LogP contribution in [0, 0.1) is 0 Å². The number of benzene rings is 2. The Labute approximate surface area is 169 Å². The van der Waals surface area contributed by atoms with Gasteiger partial charge in [-0.05, 0) is 61.4 Å². The topological polar surface area (TPSA) is 47.6 Å². The van der Waals surface area contributed by atoms with E-state index in [0.29, 0.717) is 18.9 Å². The number of amides is 1. The van der Waals surface area contributed by atoms with Gasteiger partial charge in [0.2, 0.25) is 0 Å². The normalized spacial score (nSPS) is 12.3. The highest BCUT2D eigenvalue weighted by atomic mass is 16.5. The average molecular weight is 384 g/mol. The van der Waals surface area contributed by atoms with Crippen LogP contribution in [0.2, 0.25) is 0 Å². The maximum atomic E-state index is 12.3. The van der Waals surface area contributed by atoms with Crippen LogP contribution in [-0.2, 0) is 16.6 Å². The predicted molar refractivity (Wildman–Crippen MR) is 114 cm³/mol. The van der Waals surface area contributed by atoms with E-state index in [9.17, 15) is 4.79 Å². The monoisotopic (exact) mass is 383 g/mol. The highest BCUT2D eigenvalue weighted by Gasteiger charge is 2.16. The Bertz CT molecular complexity index is 747. The largest absolute Gasteiger partial charge is 0.494 e. The van der Waals surface area contributed by atoms with Gasteiger partial charge in [-0.25, -0.2) is 0 Å². The predicted octanol–water partition coefficient (Wildman–Crippen LogP) is 4.90. The number of hydrogen-bond donors (Lipinski definition) is 1. The van der Waals surface area contributed by atoms with Crippen molar-refractivity contribution in [1.82, 2.24) is 5.32 Å². The van der Waals surface area contributed by atoms with Gasteiger partial charge < -0.3 is 14.8 Å². The number of hydrogen-bond acceptors (Lipinski definition) is 3. The SMILES string of the molecule is CCOc1ccccc1CCCNC(=O)[C@H](C)Oc1ccc(C(C)(C)C)cc1. The number of para-hydroxylation sites is 1. The second kappa shape index (κ2) is 10.2. The molecule has 0 unspecified atom stereocenters. The van der Waals surface area contributed by atoms with Gasteiger partial charge in [-0.3, -0.25) is 4.79 Å². The first-order valence-electron chi connectivity index (χ1n) is 10.1. The fourth-order valence-corrected chi connectivity index (χ4v) is 2.93. The number of rotatable bonds is 9. The minimum absolute atomic E-state index is 0.0991. The highest BCUT2D eigenvalue weighted by Crippen LogP contribution is 2.24. The van der Waals surface area contributed by atoms with E-state index in [-0.39, 0.29) is 11.3 Å². The van der Waals surface area contributed by atoms with E-state index in [1.54, 1.807) is 6.92 Å². The molecule has 2 aromatic carbocycles. The molecule has 0 saturated heterocycles. The van der Waals surface area contributed by atoms with Crippen molar-refractivity contribution in [3.8, 4) is 11.5 Å². The van der Waals surface area contributed by atoms with Crippen LogP contribution in [0.25, 0.3) is 0 Å². The molecule has 28 heavy (non-hydrogen) atoms. The number of aryl methyl sites for hydroxylation is 1. The van der Waals surface area contributed by atoms with Crippen molar-refractivity contribution in [2.24, 2.45) is 0 Å². The Morgan fingerprint density at radius 1 is 1.07 bits per heavy atom. The lowest BCUT2D eigenvalue weighted by atomic mass is 9.87. The molecule has 0 fully saturated rings. The average Bonchev–Trinajstić information content (AvgIpc) is 2.66. The minimum atomic E-state index is -0.531. The number of ether oxygens (including phenoxy) is 2. The molecule has 2 rings (SSSR count). The molecule has 4 heteroatoms. The van der Waals surface area contributed by atoms with Gasteiger partial charge in [-0.15, -0.1) is 0 Å². The van der Waals surface area contributed by atoms with E-state index in [4.69, 9.17) is 9.47 Å². The molecule has 0 aliphatic heterocycles. The zero-order valence-corrected chi connectivity index (χ0v) is 17.7. The van der Waals surface area contributed by atoms with Crippen LogP contribution >= 0.6 is 0 Å². The second-order valence-corrected chi connectivity index (χ2v) is 7.97. The highest BCUT2D eigenvalue weighted by molar-refractivity contribution is 5.80. The van der Waals surface area contributed by atoms with Gasteiger partial charge in [0.25, 0.3) is 5.91 Å². The van der Waals surface area contributed by atoms with Crippen LogP contribution in [-0.4, -0.2) is 25.2 Å². The third-order valence-corrected chi connectivity index (χ3v) is 4.60. The summed E-state index contributed by atoms with van der Waals surface area (Å²) in [5.74, 6) is 1.53. The Morgan fingerprint density at radius 3 is 2.39 bits per heavy atom. The van der Waals surface area contributed by atoms with Crippen molar-refractivity contribution in [2.45, 2.75) is 59.0 Å². The number of carbonyl (C=O) groups excluding carboxylic acids is 1. The molecule has 0 aliphatic carbocycles. The molecule has 0 radical (unpaired) electrons. The van der Waals surface area contributed by atoms with Crippen molar-refractivity contribution in [1.29, 1.82) is 0 Å². The Kier molecular flexibility index (Phi) is 7.91. The summed E-state index contributed by atoms with van der Waals surface area (Å²) in [7, 11) is 0. The third-order valence-electron chi connectivity index (χ3n) is 4.60. The first-order valence-corrected chi connectivity index (χ1v) is 10.1. The summed E-state index contributed by atoms with van der Waals surface area (Å²) in [5, 5.41) is 2.96. The third kappa shape index (κ3) is 6.59. The molecule has 1 amide bonds. The Morgan fingerprint density at radius 2 is 1.75 bits per heavy atom. The standard InChI is InChI=1S/C24H33NO3/c1-6-27-22-12-8-7-10-19(22)11-9-17-25-23(26)18(2)28-21-15-13-20(14-16-21)24(3,4)5/h7-8,10,12-16,18H,6,9,11,17H2,1-5H3,(H,25,26)/t18-/m0/s1. The first kappa shape index (κ1) is 21.8. The van der Waals surface area contributed by atoms with Crippen LogP contribution in [0.1, 0.15) is 52.2 Å². The Hall–Kier alpha value is -2.49. The molecule has 0 bridgehead atoms. The van der Waals surface area contributed by atoms with E-state index < -0.39 is 6.10 Å². The number of carbonyl (C=O) groups is 1. The number of nitrogens with one attached hydrogen (secondary N) is 1. The van der Waals surface area contributed by atoms with Crippen molar-refractivity contribution in [3.63, 3.8) is 0 Å². The quantitative estimate of drug-likeness (QED) is 0.627. The van der Waals surface area contributed by atoms with Gasteiger partial charge in [0.15, 0.2) is 6.10 Å². The summed E-state index contributed by atoms with van der Waals surface area (Å²) in [4.78, 5) is 12.3. The lowest BCUT2D eigenvalue weighted by Crippen LogP contribution is -2.36. The Balaban J connectivity index is 1.77. The van der Waals surface area contributed by atoms with E-state index in [2.05, 4.69) is 44.3 Å². The summed E-state index contributed by atoms with van der Waals surface area (Å²) < 4.78 is 11.4. The molecule has 2 aromatic rings. The van der Waals surface area contributed by atoms with Gasteiger partial charge >= 0.3 is 0 Å². The van der Waals surface area contributed by atoms with Gasteiger partial charge in [0.1, 0.15) is 11.5 Å². The minimum Gasteiger partial charge on any atom is -0.494 e. The fraction of sp³-hybridized carbons (Fsp3) is 0.458. The summed E-state index contributed by atoms with van der Waals surface area (Å²) in [6.45, 7) is 11.5. The molecule has 1 atom stereocenters. The zero-order valence-electron chi connectivity index (χ0n) is 17.7. The van der Waals surface area contributed by atoms with E-state index >= 15 is 0 Å². The smallest absolute Gasteiger partial charge is 0.260 e. The van der Waals surface area contributed by atoms with Crippen LogP contribution in [0.15, 0.2) is 48.5 Å². The van der Waals surface area contributed by atoms with Crippen LogP contribution in [0.4, 0.5) is 0 Å². The lowest BCUT2D eigenvalue weighted by molar-refractivity contribution is -0.127. The van der Waals surface area contributed by atoms with Crippen LogP contribution in [0.5, 0.6) is 11.5 Å². The molecule has 4 nitrogen and oxygen atoms in total. The molecule has 152 valence electrons. The van der Waals surface area contributed by atoms with Gasteiger partial charge in [0.05, 0.1) is 6.61 Å². The molecule has 0 aliphatic rings. The molecular weight excluding hydrogens is 350 g/mol. The van der Waals surface area contributed by atoms with E-state index in [1.807, 2.05) is 37.3 Å². The molecule has 0 spiro atoms. The molecule has 0 aromatic heterocycles. The summed E-state index contributed by atoms with van der Waals surface area (Å²) in [5.41, 5.74) is 2.51. The second-order valence-electron chi connectivity index (χ2n) is 7.97. The van der Waals surface area contributed by atoms with Gasteiger partial charge in [0, 0.05) is 6.54 Å². The van der Waals surface area contributed by atoms with Crippen molar-refractivity contribution in [3.05, 3.63) is 59.7 Å². The molecular formula is C24H33NO3. The van der Waals surface area contributed by atoms with E-state index in [0.717, 1.165) is 18.6 Å². The van der Waals surface area contributed by atoms with Crippen molar-refractivity contribution >= 4 is 5.91 Å². The van der Waals surface area contributed by atoms with E-state index in [1.165, 1.54) is 11.1 Å².